The predicted octanol–water partition coefficient (Wildman–Crippen LogP) is 4.11. The number of hydrogen-bond donors (Lipinski definition) is 2. The summed E-state index contributed by atoms with van der Waals surface area (Å²) < 4.78 is 94.7. The van der Waals surface area contributed by atoms with E-state index in [0.717, 1.165) is 26.0 Å². The van der Waals surface area contributed by atoms with E-state index in [2.05, 4.69) is 9.47 Å². The first-order valence-corrected chi connectivity index (χ1v) is 8.41. The molecular formula is C19H16F6N2O4. The number of carbonyl (C=O) groups excluding carboxylic acids is 2. The zero-order chi connectivity index (χ0) is 23.8. The fraction of sp³-hybridized carbons (Fsp3) is 0.263. The van der Waals surface area contributed by atoms with E-state index < -0.39 is 52.3 Å². The van der Waals surface area contributed by atoms with Gasteiger partial charge >= 0.3 is 24.3 Å². The molecule has 31 heavy (non-hydrogen) atoms. The van der Waals surface area contributed by atoms with Crippen LogP contribution in [0.15, 0.2) is 36.4 Å². The maximum absolute atomic E-state index is 14.2. The van der Waals surface area contributed by atoms with Crippen molar-refractivity contribution in [1.29, 1.82) is 0 Å². The average molecular weight is 450 g/mol. The van der Waals surface area contributed by atoms with E-state index >= 15 is 0 Å². The minimum atomic E-state index is -5.93. The first-order chi connectivity index (χ1) is 14.1. The second-order valence-electron chi connectivity index (χ2n) is 6.44. The van der Waals surface area contributed by atoms with Gasteiger partial charge in [-0.25, -0.2) is 0 Å². The van der Waals surface area contributed by atoms with Crippen LogP contribution in [-0.2, 0) is 15.0 Å². The van der Waals surface area contributed by atoms with Crippen molar-refractivity contribution in [3.8, 4) is 11.5 Å². The molecule has 0 aliphatic rings. The van der Waals surface area contributed by atoms with E-state index in [1.165, 1.54) is 0 Å². The molecule has 0 fully saturated rings. The summed E-state index contributed by atoms with van der Waals surface area (Å²) >= 11 is 0. The summed E-state index contributed by atoms with van der Waals surface area (Å²) in [4.78, 5) is 22.4. The molecule has 0 aromatic heterocycles. The minimum absolute atomic E-state index is 0.352. The van der Waals surface area contributed by atoms with Crippen LogP contribution in [0.4, 0.5) is 37.7 Å². The van der Waals surface area contributed by atoms with Crippen LogP contribution in [0.2, 0.25) is 0 Å². The molecule has 0 heterocycles. The summed E-state index contributed by atoms with van der Waals surface area (Å²) in [7, 11) is 0. The van der Waals surface area contributed by atoms with Crippen molar-refractivity contribution < 1.29 is 45.4 Å². The maximum atomic E-state index is 14.2. The Labute approximate surface area is 171 Å². The number of halogens is 6. The number of esters is 2. The Morgan fingerprint density at radius 3 is 1.29 bits per heavy atom. The molecule has 2 aromatic carbocycles. The van der Waals surface area contributed by atoms with Gasteiger partial charge in [-0.2, -0.15) is 26.3 Å². The van der Waals surface area contributed by atoms with Crippen LogP contribution < -0.4 is 20.9 Å². The van der Waals surface area contributed by atoms with Gasteiger partial charge in [0, 0.05) is 13.8 Å². The summed E-state index contributed by atoms with van der Waals surface area (Å²) in [6.07, 6.45) is -11.9. The Hall–Kier alpha value is -3.44. The predicted molar refractivity (Wildman–Crippen MR) is 97.2 cm³/mol. The number of carbonyl (C=O) groups is 2. The Balaban J connectivity index is 2.94. The van der Waals surface area contributed by atoms with Crippen molar-refractivity contribution in [2.75, 3.05) is 11.5 Å². The summed E-state index contributed by atoms with van der Waals surface area (Å²) in [5, 5.41) is 0. The Morgan fingerprint density at radius 2 is 1.03 bits per heavy atom. The van der Waals surface area contributed by atoms with Gasteiger partial charge in [-0.15, -0.1) is 0 Å². The van der Waals surface area contributed by atoms with E-state index in [0.29, 0.717) is 24.3 Å². The number of ether oxygens (including phenoxy) is 2. The molecule has 2 aromatic rings. The summed E-state index contributed by atoms with van der Waals surface area (Å²) in [5.74, 6) is -3.37. The normalized spacial score (nSPS) is 12.4. The third-order valence-electron chi connectivity index (χ3n) is 4.25. The van der Waals surface area contributed by atoms with Crippen molar-refractivity contribution in [3.05, 3.63) is 47.5 Å². The van der Waals surface area contributed by atoms with Gasteiger partial charge in [0.25, 0.3) is 0 Å². The number of benzene rings is 2. The standard InChI is InChI=1S/C19H16F6N2O4/c1-9(28)30-15-7-11(3-5-13(15)26)17(18(20,21)22,19(23,24)25)12-4-6-14(27)16(8-12)31-10(2)29/h3-8H,26-27H2,1-2H3. The Morgan fingerprint density at radius 1 is 0.710 bits per heavy atom. The highest BCUT2D eigenvalue weighted by Crippen LogP contribution is 2.57. The average Bonchev–Trinajstić information content (AvgIpc) is 2.57. The number of anilines is 2. The SMILES string of the molecule is CC(=O)Oc1cc(C(c2ccc(N)c(OC(C)=O)c2)(C(F)(F)F)C(F)(F)F)ccc1N. The molecular weight excluding hydrogens is 434 g/mol. The lowest BCUT2D eigenvalue weighted by atomic mass is 9.72. The van der Waals surface area contributed by atoms with Crippen molar-refractivity contribution >= 4 is 23.3 Å². The van der Waals surface area contributed by atoms with E-state index in [-0.39, 0.29) is 11.4 Å². The molecule has 2 rings (SSSR count). The van der Waals surface area contributed by atoms with Crippen molar-refractivity contribution in [1.82, 2.24) is 0 Å². The van der Waals surface area contributed by atoms with E-state index in [1.807, 2.05) is 0 Å². The largest absolute Gasteiger partial charge is 0.425 e. The van der Waals surface area contributed by atoms with Gasteiger partial charge in [-0.05, 0) is 35.4 Å². The summed E-state index contributed by atoms with van der Waals surface area (Å²) in [5.41, 5.74) is 3.10. The molecule has 4 N–H and O–H groups in total. The molecule has 0 saturated carbocycles. The molecule has 0 unspecified atom stereocenters. The van der Waals surface area contributed by atoms with Crippen LogP contribution in [0.3, 0.4) is 0 Å². The summed E-state index contributed by atoms with van der Waals surface area (Å²) in [6, 6.07) is 3.32. The number of nitrogens with two attached hydrogens (primary N) is 2. The van der Waals surface area contributed by atoms with E-state index in [1.54, 1.807) is 0 Å². The van der Waals surface area contributed by atoms with Gasteiger partial charge in [0.05, 0.1) is 11.4 Å². The first kappa shape index (κ1) is 23.8. The van der Waals surface area contributed by atoms with Gasteiger partial charge < -0.3 is 20.9 Å². The van der Waals surface area contributed by atoms with Crippen LogP contribution in [0.5, 0.6) is 11.5 Å². The lowest BCUT2D eigenvalue weighted by molar-refractivity contribution is -0.288. The van der Waals surface area contributed by atoms with Crippen molar-refractivity contribution in [2.45, 2.75) is 31.6 Å². The topological polar surface area (TPSA) is 105 Å². The summed E-state index contributed by atoms with van der Waals surface area (Å²) in [6.45, 7) is 1.80. The lowest BCUT2D eigenvalue weighted by Crippen LogP contribution is -2.54. The van der Waals surface area contributed by atoms with E-state index in [9.17, 15) is 35.9 Å². The molecule has 0 saturated heterocycles. The maximum Gasteiger partial charge on any atom is 0.411 e. The minimum Gasteiger partial charge on any atom is -0.425 e. The van der Waals surface area contributed by atoms with Gasteiger partial charge in [0.2, 0.25) is 5.41 Å². The number of rotatable bonds is 4. The zero-order valence-electron chi connectivity index (χ0n) is 16.0. The lowest BCUT2D eigenvalue weighted by Gasteiger charge is -2.38. The van der Waals surface area contributed by atoms with E-state index in [4.69, 9.17) is 11.5 Å². The molecule has 0 atom stereocenters. The van der Waals surface area contributed by atoms with Crippen LogP contribution >= 0.6 is 0 Å². The van der Waals surface area contributed by atoms with Gasteiger partial charge in [0.1, 0.15) is 0 Å². The third-order valence-corrected chi connectivity index (χ3v) is 4.25. The van der Waals surface area contributed by atoms with Gasteiger partial charge in [-0.1, -0.05) is 12.1 Å². The van der Waals surface area contributed by atoms with Crippen molar-refractivity contribution in [3.63, 3.8) is 0 Å². The quantitative estimate of drug-likeness (QED) is 0.314. The fourth-order valence-electron chi connectivity index (χ4n) is 3.00. The Bertz CT molecular complexity index is 936. The number of hydrogen-bond acceptors (Lipinski definition) is 6. The smallest absolute Gasteiger partial charge is 0.411 e. The highest BCUT2D eigenvalue weighted by Gasteiger charge is 2.72. The van der Waals surface area contributed by atoms with Crippen LogP contribution in [-0.4, -0.2) is 24.3 Å². The molecule has 0 spiro atoms. The molecule has 0 aliphatic carbocycles. The molecule has 0 bridgehead atoms. The molecule has 168 valence electrons. The second kappa shape index (κ2) is 8.00. The zero-order valence-corrected chi connectivity index (χ0v) is 16.0. The number of nitrogen functional groups attached to an aromatic ring is 2. The molecule has 0 radical (unpaired) electrons. The Kier molecular flexibility index (Phi) is 6.15. The molecule has 0 aliphatic heterocycles. The highest BCUT2D eigenvalue weighted by molar-refractivity contribution is 5.74. The van der Waals surface area contributed by atoms with Crippen LogP contribution in [0, 0.1) is 0 Å². The second-order valence-corrected chi connectivity index (χ2v) is 6.44. The first-order valence-electron chi connectivity index (χ1n) is 8.41. The van der Waals surface area contributed by atoms with Gasteiger partial charge in [0.15, 0.2) is 11.5 Å². The van der Waals surface area contributed by atoms with Crippen molar-refractivity contribution in [2.24, 2.45) is 0 Å². The monoisotopic (exact) mass is 450 g/mol. The van der Waals surface area contributed by atoms with Crippen LogP contribution in [0.25, 0.3) is 0 Å². The van der Waals surface area contributed by atoms with Crippen LogP contribution in [0.1, 0.15) is 25.0 Å². The molecule has 12 heteroatoms. The molecule has 0 amide bonds. The third kappa shape index (κ3) is 4.37. The van der Waals surface area contributed by atoms with Gasteiger partial charge in [-0.3, -0.25) is 9.59 Å². The highest BCUT2D eigenvalue weighted by atomic mass is 19.4. The molecule has 6 nitrogen and oxygen atoms in total. The fourth-order valence-corrected chi connectivity index (χ4v) is 3.00. The number of alkyl halides is 6.